The number of carbonyl (C=O) groups excluding carboxylic acids is 2. The Labute approximate surface area is 232 Å². The normalized spacial score (nSPS) is 21.2. The number of carbonyl (C=O) groups is 2. The summed E-state index contributed by atoms with van der Waals surface area (Å²) in [6.45, 7) is 4.81. The third kappa shape index (κ3) is 4.68. The minimum absolute atomic E-state index is 0.160. The highest BCUT2D eigenvalue weighted by molar-refractivity contribution is 7.85. The molecule has 2 bridgehead atoms. The zero-order valence-electron chi connectivity index (χ0n) is 22.0. The number of fused-ring (bicyclic) bond motifs is 1. The SMILES string of the molecule is CC(C)(C)C1C2c3ccccc3C(c3ccccc32)C1C(=O)OCC(=O)Oc1c(F)c(F)c(S(=O)(=O)O)c(F)c1F. The van der Waals surface area contributed by atoms with E-state index in [0.717, 1.165) is 22.3 Å². The van der Waals surface area contributed by atoms with E-state index in [4.69, 9.17) is 9.29 Å². The number of hydrogen-bond donors (Lipinski definition) is 1. The molecule has 0 saturated heterocycles. The van der Waals surface area contributed by atoms with Gasteiger partial charge < -0.3 is 9.47 Å². The van der Waals surface area contributed by atoms with Crippen LogP contribution < -0.4 is 4.74 Å². The van der Waals surface area contributed by atoms with Crippen LogP contribution in [0.25, 0.3) is 0 Å². The van der Waals surface area contributed by atoms with Gasteiger partial charge in [-0.05, 0) is 33.6 Å². The molecule has 0 amide bonds. The molecule has 41 heavy (non-hydrogen) atoms. The van der Waals surface area contributed by atoms with Gasteiger partial charge in [0, 0.05) is 11.8 Å². The Morgan fingerprint density at radius 3 is 1.66 bits per heavy atom. The van der Waals surface area contributed by atoms with Crippen molar-refractivity contribution in [3.63, 3.8) is 0 Å². The van der Waals surface area contributed by atoms with Crippen LogP contribution in [0.1, 0.15) is 54.9 Å². The van der Waals surface area contributed by atoms with Gasteiger partial charge in [0.1, 0.15) is 0 Å². The van der Waals surface area contributed by atoms with Gasteiger partial charge in [0.15, 0.2) is 23.1 Å². The lowest BCUT2D eigenvalue weighted by Gasteiger charge is -2.54. The standard InChI is InChI=1S/C29H24F4O7S/c1-29(2,3)21-19-15-10-6-4-8-13(15)18(14-9-5-7-11-16(14)19)20(21)28(35)39-12-17(34)40-26-22(30)24(32)27(41(36,37)38)25(33)23(26)31/h4-11,18-21H,12H2,1-3H3,(H,36,37,38). The third-order valence-electron chi connectivity index (χ3n) is 7.70. The van der Waals surface area contributed by atoms with Crippen molar-refractivity contribution < 1.29 is 49.6 Å². The third-order valence-corrected chi connectivity index (χ3v) is 8.57. The van der Waals surface area contributed by atoms with E-state index in [1.807, 2.05) is 69.3 Å². The fourth-order valence-corrected chi connectivity index (χ4v) is 6.91. The molecular formula is C29H24F4O7S. The zero-order chi connectivity index (χ0) is 30.0. The van der Waals surface area contributed by atoms with Gasteiger partial charge in [-0.2, -0.15) is 17.2 Å². The maximum atomic E-state index is 14.3. The van der Waals surface area contributed by atoms with Crippen LogP contribution in [0.4, 0.5) is 17.6 Å². The smallest absolute Gasteiger partial charge is 0.349 e. The molecule has 3 aromatic carbocycles. The Hall–Kier alpha value is -3.77. The van der Waals surface area contributed by atoms with E-state index in [2.05, 4.69) is 4.74 Å². The van der Waals surface area contributed by atoms with E-state index >= 15 is 0 Å². The summed E-state index contributed by atoms with van der Waals surface area (Å²) in [5.41, 5.74) is 3.64. The topological polar surface area (TPSA) is 107 Å². The molecule has 7 nitrogen and oxygen atoms in total. The fraction of sp³-hybridized carbons (Fsp3) is 0.310. The molecule has 0 spiro atoms. The van der Waals surface area contributed by atoms with E-state index in [1.165, 1.54) is 0 Å². The van der Waals surface area contributed by atoms with Gasteiger partial charge >= 0.3 is 22.1 Å². The van der Waals surface area contributed by atoms with E-state index in [-0.39, 0.29) is 11.8 Å². The molecule has 1 N–H and O–H groups in total. The summed E-state index contributed by atoms with van der Waals surface area (Å²) in [5, 5.41) is 0. The lowest BCUT2D eigenvalue weighted by atomic mass is 9.49. The van der Waals surface area contributed by atoms with Gasteiger partial charge in [-0.3, -0.25) is 9.35 Å². The summed E-state index contributed by atoms with van der Waals surface area (Å²) < 4.78 is 97.6. The molecule has 0 radical (unpaired) electrons. The van der Waals surface area contributed by atoms with E-state index in [1.54, 1.807) is 0 Å². The summed E-state index contributed by atoms with van der Waals surface area (Å²) >= 11 is 0. The first-order valence-corrected chi connectivity index (χ1v) is 14.0. The maximum absolute atomic E-state index is 14.3. The van der Waals surface area contributed by atoms with Crippen molar-refractivity contribution in [3.8, 4) is 5.75 Å². The number of rotatable bonds is 5. The van der Waals surface area contributed by atoms with Crippen LogP contribution in [-0.4, -0.2) is 31.5 Å². The van der Waals surface area contributed by atoms with Crippen LogP contribution in [-0.2, 0) is 24.4 Å². The van der Waals surface area contributed by atoms with Crippen LogP contribution >= 0.6 is 0 Å². The molecule has 0 saturated carbocycles. The Morgan fingerprint density at radius 1 is 0.805 bits per heavy atom. The van der Waals surface area contributed by atoms with Crippen molar-refractivity contribution >= 4 is 22.1 Å². The van der Waals surface area contributed by atoms with Crippen molar-refractivity contribution in [1.29, 1.82) is 0 Å². The monoisotopic (exact) mass is 592 g/mol. The Bertz CT molecular complexity index is 1620. The van der Waals surface area contributed by atoms with Gasteiger partial charge in [0.2, 0.25) is 17.4 Å². The van der Waals surface area contributed by atoms with Crippen molar-refractivity contribution in [2.24, 2.45) is 17.3 Å². The maximum Gasteiger partial charge on any atom is 0.349 e. The Morgan fingerprint density at radius 2 is 1.24 bits per heavy atom. The molecule has 2 unspecified atom stereocenters. The van der Waals surface area contributed by atoms with Crippen molar-refractivity contribution in [2.45, 2.75) is 37.5 Å². The molecule has 0 aromatic heterocycles. The first-order chi connectivity index (χ1) is 19.1. The molecule has 3 aliphatic carbocycles. The Balaban J connectivity index is 1.44. The largest absolute Gasteiger partial charge is 0.453 e. The van der Waals surface area contributed by atoms with Crippen LogP contribution in [0.3, 0.4) is 0 Å². The second-order valence-electron chi connectivity index (χ2n) is 11.1. The van der Waals surface area contributed by atoms with Crippen molar-refractivity contribution in [1.82, 2.24) is 0 Å². The number of benzene rings is 3. The second-order valence-corrected chi connectivity index (χ2v) is 12.5. The average Bonchev–Trinajstić information content (AvgIpc) is 2.91. The van der Waals surface area contributed by atoms with Crippen molar-refractivity contribution in [3.05, 3.63) is 94.1 Å². The average molecular weight is 593 g/mol. The number of hydrogen-bond acceptors (Lipinski definition) is 6. The molecule has 12 heteroatoms. The highest BCUT2D eigenvalue weighted by Gasteiger charge is 2.56. The van der Waals surface area contributed by atoms with Gasteiger partial charge in [-0.1, -0.05) is 69.3 Å². The summed E-state index contributed by atoms with van der Waals surface area (Å²) in [6, 6.07) is 15.5. The number of esters is 2. The lowest BCUT2D eigenvalue weighted by molar-refractivity contribution is -0.161. The predicted octanol–water partition coefficient (Wildman–Crippen LogP) is 5.51. The molecule has 3 aliphatic rings. The number of ether oxygens (including phenoxy) is 2. The first kappa shape index (κ1) is 28.7. The van der Waals surface area contributed by atoms with Crippen LogP contribution in [0.5, 0.6) is 5.75 Å². The fourth-order valence-electron chi connectivity index (χ4n) is 6.28. The van der Waals surface area contributed by atoms with Crippen LogP contribution in [0, 0.1) is 40.5 Å². The van der Waals surface area contributed by atoms with Crippen LogP contribution in [0.15, 0.2) is 53.4 Å². The predicted molar refractivity (Wildman–Crippen MR) is 136 cm³/mol. The molecule has 0 fully saturated rings. The van der Waals surface area contributed by atoms with Gasteiger partial charge in [-0.15, -0.1) is 0 Å². The summed E-state index contributed by atoms with van der Waals surface area (Å²) in [7, 11) is -5.69. The van der Waals surface area contributed by atoms with Crippen LogP contribution in [0.2, 0.25) is 0 Å². The highest BCUT2D eigenvalue weighted by Crippen LogP contribution is 2.62. The molecular weight excluding hydrogens is 568 g/mol. The van der Waals surface area contributed by atoms with E-state index in [9.17, 15) is 35.6 Å². The number of halogens is 4. The molecule has 3 aromatic rings. The summed E-state index contributed by atoms with van der Waals surface area (Å²) in [4.78, 5) is 23.7. The molecule has 0 heterocycles. The highest BCUT2D eigenvalue weighted by atomic mass is 32.2. The minimum Gasteiger partial charge on any atom is -0.453 e. The second kappa shape index (κ2) is 9.95. The van der Waals surface area contributed by atoms with Crippen molar-refractivity contribution in [2.75, 3.05) is 6.61 Å². The van der Waals surface area contributed by atoms with E-state index < -0.39 is 79.8 Å². The molecule has 6 rings (SSSR count). The molecule has 2 atom stereocenters. The minimum atomic E-state index is -5.69. The molecule has 216 valence electrons. The summed E-state index contributed by atoms with van der Waals surface area (Å²) in [5.74, 6) is -15.6. The zero-order valence-corrected chi connectivity index (χ0v) is 22.8. The molecule has 0 aliphatic heterocycles. The van der Waals surface area contributed by atoms with Gasteiger partial charge in [0.25, 0.3) is 0 Å². The van der Waals surface area contributed by atoms with E-state index in [0.29, 0.717) is 0 Å². The van der Waals surface area contributed by atoms with Gasteiger partial charge in [0.05, 0.1) is 5.92 Å². The first-order valence-electron chi connectivity index (χ1n) is 12.5. The quantitative estimate of drug-likeness (QED) is 0.137. The van der Waals surface area contributed by atoms with Gasteiger partial charge in [-0.25, -0.2) is 13.6 Å². The Kier molecular flexibility index (Phi) is 6.98. The lowest BCUT2D eigenvalue weighted by Crippen LogP contribution is -2.49. The summed E-state index contributed by atoms with van der Waals surface area (Å²) in [6.07, 6.45) is 0.